The van der Waals surface area contributed by atoms with Crippen molar-refractivity contribution in [2.75, 3.05) is 19.5 Å². The number of ether oxygens (including phenoxy) is 2. The molecule has 0 saturated heterocycles. The maximum Gasteiger partial charge on any atom is 0.365 e. The molecule has 0 aliphatic heterocycles. The van der Waals surface area contributed by atoms with Gasteiger partial charge in [0, 0.05) is 10.6 Å². The molecule has 3 aromatic rings. The molecule has 0 atom stereocenters. The Hall–Kier alpha value is -3.39. The number of hydrogen-bond acceptors (Lipinski definition) is 6. The van der Waals surface area contributed by atoms with Crippen LogP contribution in [0.1, 0.15) is 0 Å². The fraction of sp³-hybridized carbons (Fsp3) is 0.158. The number of nitrogens with zero attached hydrogens (tertiary/aromatic N) is 3. The Balaban J connectivity index is 1.75. The van der Waals surface area contributed by atoms with Crippen LogP contribution in [-0.2, 0) is 11.3 Å². The van der Waals surface area contributed by atoms with Crippen molar-refractivity contribution in [2.45, 2.75) is 6.54 Å². The number of aromatic nitrogens is 3. The summed E-state index contributed by atoms with van der Waals surface area (Å²) in [6.45, 7) is -0.301. The van der Waals surface area contributed by atoms with E-state index in [1.54, 1.807) is 49.6 Å². The van der Waals surface area contributed by atoms with Gasteiger partial charge in [-0.05, 0) is 42.5 Å². The van der Waals surface area contributed by atoms with E-state index >= 15 is 0 Å². The van der Waals surface area contributed by atoms with Crippen LogP contribution in [0.2, 0.25) is 5.02 Å². The van der Waals surface area contributed by atoms with Crippen molar-refractivity contribution in [3.63, 3.8) is 0 Å². The first-order valence-corrected chi connectivity index (χ1v) is 8.60. The predicted molar refractivity (Wildman–Crippen MR) is 105 cm³/mol. The summed E-state index contributed by atoms with van der Waals surface area (Å²) in [5.74, 6) is 0.679. The number of carbonyl (C=O) groups is 1. The Labute approximate surface area is 165 Å². The maximum absolute atomic E-state index is 12.3. The highest BCUT2D eigenvalue weighted by Gasteiger charge is 2.12. The van der Waals surface area contributed by atoms with E-state index in [-0.39, 0.29) is 6.54 Å². The van der Waals surface area contributed by atoms with Gasteiger partial charge in [0.1, 0.15) is 18.0 Å². The van der Waals surface area contributed by atoms with Gasteiger partial charge >= 0.3 is 5.69 Å². The van der Waals surface area contributed by atoms with E-state index < -0.39 is 11.6 Å². The molecule has 1 amide bonds. The van der Waals surface area contributed by atoms with Gasteiger partial charge in [0.25, 0.3) is 0 Å². The molecule has 0 spiro atoms. The van der Waals surface area contributed by atoms with Crippen LogP contribution < -0.4 is 20.5 Å². The smallest absolute Gasteiger partial charge is 0.365 e. The highest BCUT2D eigenvalue weighted by atomic mass is 35.5. The third-order valence-electron chi connectivity index (χ3n) is 3.87. The lowest BCUT2D eigenvalue weighted by Crippen LogP contribution is -2.31. The van der Waals surface area contributed by atoms with Gasteiger partial charge < -0.3 is 14.8 Å². The largest absolute Gasteiger partial charge is 0.497 e. The van der Waals surface area contributed by atoms with E-state index in [1.807, 2.05) is 0 Å². The molecular weight excluding hydrogens is 384 g/mol. The quantitative estimate of drug-likeness (QED) is 0.683. The van der Waals surface area contributed by atoms with Gasteiger partial charge in [0.2, 0.25) is 5.91 Å². The monoisotopic (exact) mass is 400 g/mol. The minimum atomic E-state index is -0.637. The molecule has 144 valence electrons. The molecule has 0 aliphatic rings. The third-order valence-corrected chi connectivity index (χ3v) is 4.11. The minimum Gasteiger partial charge on any atom is -0.497 e. The highest BCUT2D eigenvalue weighted by Crippen LogP contribution is 2.27. The normalized spacial score (nSPS) is 10.4. The summed E-state index contributed by atoms with van der Waals surface area (Å²) in [7, 11) is 3.05. The maximum atomic E-state index is 12.3. The molecule has 9 heteroatoms. The van der Waals surface area contributed by atoms with Crippen LogP contribution in [0.5, 0.6) is 11.5 Å². The van der Waals surface area contributed by atoms with Gasteiger partial charge in [-0.25, -0.2) is 9.48 Å². The average molecular weight is 401 g/mol. The van der Waals surface area contributed by atoms with Crippen molar-refractivity contribution in [1.29, 1.82) is 0 Å². The van der Waals surface area contributed by atoms with Gasteiger partial charge in [-0.2, -0.15) is 10.1 Å². The number of rotatable bonds is 6. The van der Waals surface area contributed by atoms with E-state index in [2.05, 4.69) is 15.4 Å². The predicted octanol–water partition coefficient (Wildman–Crippen LogP) is 2.61. The summed E-state index contributed by atoms with van der Waals surface area (Å²) in [6.07, 6.45) is 1.43. The van der Waals surface area contributed by atoms with Gasteiger partial charge in [-0.15, -0.1) is 0 Å². The molecule has 2 aromatic carbocycles. The first-order valence-electron chi connectivity index (χ1n) is 8.22. The molecule has 8 nitrogen and oxygen atoms in total. The number of carbonyl (C=O) groups excluding carboxylic acids is 1. The minimum absolute atomic E-state index is 0.301. The van der Waals surface area contributed by atoms with Gasteiger partial charge in [-0.3, -0.25) is 4.79 Å². The van der Waals surface area contributed by atoms with Crippen LogP contribution in [0.4, 0.5) is 5.69 Å². The van der Waals surface area contributed by atoms with Crippen molar-refractivity contribution >= 4 is 23.2 Å². The Kier molecular flexibility index (Phi) is 5.90. The van der Waals surface area contributed by atoms with Crippen molar-refractivity contribution in [1.82, 2.24) is 14.8 Å². The number of halogens is 1. The number of anilines is 1. The summed E-state index contributed by atoms with van der Waals surface area (Å²) < 4.78 is 11.2. The molecular formula is C19H17ClN4O4. The molecule has 1 aromatic heterocycles. The SMILES string of the molecule is COc1ccc(-c2cnn(CC(=O)Nc3cc(Cl)ccc3OC)c(=O)n2)cc1. The van der Waals surface area contributed by atoms with Crippen molar-refractivity contribution in [3.05, 3.63) is 64.2 Å². The molecule has 0 aliphatic carbocycles. The van der Waals surface area contributed by atoms with Gasteiger partial charge in [0.15, 0.2) is 0 Å². The lowest BCUT2D eigenvalue weighted by atomic mass is 10.1. The first kappa shape index (κ1) is 19.4. The number of methoxy groups -OCH3 is 2. The van der Waals surface area contributed by atoms with Crippen molar-refractivity contribution < 1.29 is 14.3 Å². The number of nitrogens with one attached hydrogen (secondary N) is 1. The molecule has 1 N–H and O–H groups in total. The van der Waals surface area contributed by atoms with Crippen LogP contribution >= 0.6 is 11.6 Å². The third kappa shape index (κ3) is 4.47. The van der Waals surface area contributed by atoms with E-state index in [0.29, 0.717) is 33.5 Å². The van der Waals surface area contributed by atoms with Crippen LogP contribution in [0.15, 0.2) is 53.5 Å². The second-order valence-electron chi connectivity index (χ2n) is 5.70. The molecule has 0 unspecified atom stereocenters. The molecule has 0 saturated carbocycles. The second kappa shape index (κ2) is 8.53. The summed E-state index contributed by atoms with van der Waals surface area (Å²) in [6, 6.07) is 11.9. The van der Waals surface area contributed by atoms with E-state index in [4.69, 9.17) is 21.1 Å². The fourth-order valence-corrected chi connectivity index (χ4v) is 2.65. The lowest BCUT2D eigenvalue weighted by molar-refractivity contribution is -0.117. The summed E-state index contributed by atoms with van der Waals surface area (Å²) in [5.41, 5.74) is 0.879. The number of amides is 1. The zero-order chi connectivity index (χ0) is 20.1. The Morgan fingerprint density at radius 2 is 1.89 bits per heavy atom. The standard InChI is InChI=1S/C19H17ClN4O4/c1-27-14-6-3-12(4-7-14)16-10-21-24(19(26)23-16)11-18(25)22-15-9-13(20)5-8-17(15)28-2/h3-10H,11H2,1-2H3,(H,22,25). The Bertz CT molecular complexity index is 1050. The number of benzene rings is 2. The van der Waals surface area contributed by atoms with Crippen LogP contribution in [0, 0.1) is 0 Å². The Morgan fingerprint density at radius 3 is 2.54 bits per heavy atom. The molecule has 0 radical (unpaired) electrons. The van der Waals surface area contributed by atoms with Gasteiger partial charge in [0.05, 0.1) is 31.8 Å². The molecule has 3 rings (SSSR count). The first-order chi connectivity index (χ1) is 13.5. The highest BCUT2D eigenvalue weighted by molar-refractivity contribution is 6.31. The molecule has 0 bridgehead atoms. The molecule has 1 heterocycles. The Morgan fingerprint density at radius 1 is 1.14 bits per heavy atom. The lowest BCUT2D eigenvalue weighted by Gasteiger charge is -2.11. The summed E-state index contributed by atoms with van der Waals surface area (Å²) in [4.78, 5) is 28.5. The van der Waals surface area contributed by atoms with Crippen LogP contribution in [0.3, 0.4) is 0 Å². The topological polar surface area (TPSA) is 95.3 Å². The zero-order valence-corrected chi connectivity index (χ0v) is 15.9. The van der Waals surface area contributed by atoms with E-state index in [9.17, 15) is 9.59 Å². The van der Waals surface area contributed by atoms with E-state index in [0.717, 1.165) is 4.68 Å². The fourth-order valence-electron chi connectivity index (χ4n) is 2.48. The van der Waals surface area contributed by atoms with Crippen LogP contribution in [-0.4, -0.2) is 34.9 Å². The average Bonchev–Trinajstić information content (AvgIpc) is 2.70. The second-order valence-corrected chi connectivity index (χ2v) is 6.14. The van der Waals surface area contributed by atoms with Gasteiger partial charge in [-0.1, -0.05) is 11.6 Å². The molecule has 28 heavy (non-hydrogen) atoms. The van der Waals surface area contributed by atoms with Crippen molar-refractivity contribution in [3.8, 4) is 22.8 Å². The zero-order valence-electron chi connectivity index (χ0n) is 15.2. The summed E-state index contributed by atoms with van der Waals surface area (Å²) >= 11 is 5.95. The summed E-state index contributed by atoms with van der Waals surface area (Å²) in [5, 5.41) is 7.12. The van der Waals surface area contributed by atoms with Crippen molar-refractivity contribution in [2.24, 2.45) is 0 Å². The van der Waals surface area contributed by atoms with E-state index in [1.165, 1.54) is 13.3 Å². The molecule has 0 fully saturated rings. The van der Waals surface area contributed by atoms with Crippen LogP contribution in [0.25, 0.3) is 11.3 Å². The number of hydrogen-bond donors (Lipinski definition) is 1.